The Labute approximate surface area is 95.7 Å². The molecule has 1 aromatic heterocycles. The van der Waals surface area contributed by atoms with Gasteiger partial charge in [-0.2, -0.15) is 0 Å². The summed E-state index contributed by atoms with van der Waals surface area (Å²) in [5, 5.41) is 12.2. The molecule has 0 aliphatic rings. The zero-order chi connectivity index (χ0) is 12.0. The van der Waals surface area contributed by atoms with Crippen molar-refractivity contribution in [2.24, 2.45) is 0 Å². The summed E-state index contributed by atoms with van der Waals surface area (Å²) in [6, 6.07) is 3.45. The van der Waals surface area contributed by atoms with Crippen LogP contribution in [-0.2, 0) is 0 Å². The van der Waals surface area contributed by atoms with Gasteiger partial charge in [0.15, 0.2) is 0 Å². The van der Waals surface area contributed by atoms with Crippen LogP contribution in [0.1, 0.15) is 38.4 Å². The van der Waals surface area contributed by atoms with E-state index >= 15 is 0 Å². The summed E-state index contributed by atoms with van der Waals surface area (Å²) in [5.41, 5.74) is 0.841. The second-order valence-electron chi connectivity index (χ2n) is 3.94. The van der Waals surface area contributed by atoms with E-state index in [1.807, 2.05) is 13.8 Å². The Morgan fingerprint density at radius 3 is 2.75 bits per heavy atom. The molecule has 0 saturated heterocycles. The fourth-order valence-corrected chi connectivity index (χ4v) is 1.63. The Hall–Kier alpha value is -1.00. The van der Waals surface area contributed by atoms with Gasteiger partial charge in [0, 0.05) is 18.7 Å². The van der Waals surface area contributed by atoms with Gasteiger partial charge in [-0.3, -0.25) is 4.98 Å². The first-order valence-corrected chi connectivity index (χ1v) is 5.65. The number of nitrogens with one attached hydrogen (secondary N) is 1. The molecule has 3 nitrogen and oxygen atoms in total. The molecule has 0 bridgehead atoms. The van der Waals surface area contributed by atoms with Gasteiger partial charge in [0.05, 0.1) is 11.9 Å². The first-order valence-electron chi connectivity index (χ1n) is 5.65. The molecule has 0 saturated carbocycles. The lowest BCUT2D eigenvalue weighted by atomic mass is 10.1. The Bertz CT molecular complexity index is 302. The Morgan fingerprint density at radius 2 is 2.25 bits per heavy atom. The maximum absolute atomic E-state index is 12.7. The van der Waals surface area contributed by atoms with Crippen LogP contribution in [0, 0.1) is 5.82 Å². The summed E-state index contributed by atoms with van der Waals surface area (Å²) in [5.74, 6) is -0.318. The average molecular weight is 226 g/mol. The third-order valence-electron chi connectivity index (χ3n) is 2.56. The van der Waals surface area contributed by atoms with Gasteiger partial charge in [-0.25, -0.2) is 4.39 Å². The van der Waals surface area contributed by atoms with Crippen LogP contribution in [0.4, 0.5) is 4.39 Å². The maximum Gasteiger partial charge on any atom is 0.141 e. The highest BCUT2D eigenvalue weighted by atomic mass is 19.1. The number of nitrogens with zero attached hydrogens (tertiary/aromatic N) is 1. The molecule has 90 valence electrons. The quantitative estimate of drug-likeness (QED) is 0.780. The molecule has 4 heteroatoms. The molecule has 0 fully saturated rings. The molecule has 0 spiro atoms. The van der Waals surface area contributed by atoms with Crippen molar-refractivity contribution in [2.75, 3.05) is 6.61 Å². The van der Waals surface area contributed by atoms with Gasteiger partial charge in [0.2, 0.25) is 0 Å². The predicted molar refractivity (Wildman–Crippen MR) is 61.5 cm³/mol. The highest BCUT2D eigenvalue weighted by Gasteiger charge is 2.13. The summed E-state index contributed by atoms with van der Waals surface area (Å²) in [6.07, 6.45) is 2.82. The molecule has 1 rings (SSSR count). The van der Waals surface area contributed by atoms with Crippen molar-refractivity contribution in [3.8, 4) is 0 Å². The van der Waals surface area contributed by atoms with Crippen LogP contribution in [0.15, 0.2) is 18.3 Å². The van der Waals surface area contributed by atoms with Crippen LogP contribution in [0.25, 0.3) is 0 Å². The summed E-state index contributed by atoms with van der Waals surface area (Å²) in [6.45, 7) is 4.23. The van der Waals surface area contributed by atoms with E-state index in [1.54, 1.807) is 6.07 Å². The van der Waals surface area contributed by atoms with Gasteiger partial charge < -0.3 is 10.4 Å². The van der Waals surface area contributed by atoms with Crippen LogP contribution in [0.5, 0.6) is 0 Å². The minimum absolute atomic E-state index is 0.113. The minimum atomic E-state index is -0.318. The zero-order valence-corrected chi connectivity index (χ0v) is 9.78. The van der Waals surface area contributed by atoms with E-state index in [9.17, 15) is 4.39 Å². The van der Waals surface area contributed by atoms with Crippen molar-refractivity contribution in [3.05, 3.63) is 29.8 Å². The Morgan fingerprint density at radius 1 is 1.50 bits per heavy atom. The molecule has 2 unspecified atom stereocenters. The van der Waals surface area contributed by atoms with Crippen LogP contribution in [0.2, 0.25) is 0 Å². The van der Waals surface area contributed by atoms with E-state index in [4.69, 9.17) is 5.11 Å². The molecule has 0 amide bonds. The molecule has 0 aromatic carbocycles. The van der Waals surface area contributed by atoms with Crippen molar-refractivity contribution >= 4 is 0 Å². The fourth-order valence-electron chi connectivity index (χ4n) is 1.63. The number of aliphatic hydroxyl groups is 1. The number of hydrogen-bond acceptors (Lipinski definition) is 3. The maximum atomic E-state index is 12.7. The summed E-state index contributed by atoms with van der Waals surface area (Å²) < 4.78 is 12.7. The largest absolute Gasteiger partial charge is 0.396 e. The van der Waals surface area contributed by atoms with Gasteiger partial charge in [-0.05, 0) is 31.9 Å². The van der Waals surface area contributed by atoms with Gasteiger partial charge in [-0.1, -0.05) is 6.92 Å². The lowest BCUT2D eigenvalue weighted by Gasteiger charge is -2.21. The molecular weight excluding hydrogens is 207 g/mol. The van der Waals surface area contributed by atoms with E-state index in [0.717, 1.165) is 12.1 Å². The average Bonchev–Trinajstić information content (AvgIpc) is 2.27. The molecule has 0 aliphatic heterocycles. The van der Waals surface area contributed by atoms with Crippen molar-refractivity contribution in [1.82, 2.24) is 10.3 Å². The highest BCUT2D eigenvalue weighted by molar-refractivity contribution is 5.09. The van der Waals surface area contributed by atoms with Gasteiger partial charge in [-0.15, -0.1) is 0 Å². The van der Waals surface area contributed by atoms with Crippen LogP contribution < -0.4 is 5.32 Å². The Balaban J connectivity index is 2.63. The zero-order valence-electron chi connectivity index (χ0n) is 9.78. The number of halogens is 1. The second kappa shape index (κ2) is 6.55. The summed E-state index contributed by atoms with van der Waals surface area (Å²) in [7, 11) is 0. The highest BCUT2D eigenvalue weighted by Crippen LogP contribution is 2.15. The van der Waals surface area contributed by atoms with E-state index in [-0.39, 0.29) is 24.5 Å². The van der Waals surface area contributed by atoms with E-state index in [1.165, 1.54) is 12.3 Å². The topological polar surface area (TPSA) is 45.1 Å². The molecule has 1 heterocycles. The number of aliphatic hydroxyl groups excluding tert-OH is 1. The minimum Gasteiger partial charge on any atom is -0.396 e. The Kier molecular flexibility index (Phi) is 5.35. The summed E-state index contributed by atoms with van der Waals surface area (Å²) in [4.78, 5) is 4.06. The third kappa shape index (κ3) is 3.87. The fraction of sp³-hybridized carbons (Fsp3) is 0.583. The van der Waals surface area contributed by atoms with Gasteiger partial charge >= 0.3 is 0 Å². The van der Waals surface area contributed by atoms with Gasteiger partial charge in [0.25, 0.3) is 0 Å². The molecule has 1 aromatic rings. The van der Waals surface area contributed by atoms with Crippen molar-refractivity contribution in [1.29, 1.82) is 0 Å². The van der Waals surface area contributed by atoms with Crippen molar-refractivity contribution in [3.63, 3.8) is 0 Å². The lowest BCUT2D eigenvalue weighted by Crippen LogP contribution is -2.31. The predicted octanol–water partition coefficient (Wildman–Crippen LogP) is 2.03. The first kappa shape index (κ1) is 13.1. The molecular formula is C12H19FN2O. The number of aromatic nitrogens is 1. The monoisotopic (exact) mass is 226 g/mol. The van der Waals surface area contributed by atoms with E-state index < -0.39 is 0 Å². The van der Waals surface area contributed by atoms with Crippen LogP contribution in [0.3, 0.4) is 0 Å². The number of hydrogen-bond donors (Lipinski definition) is 2. The molecule has 2 N–H and O–H groups in total. The molecule has 2 atom stereocenters. The van der Waals surface area contributed by atoms with E-state index in [0.29, 0.717) is 6.42 Å². The summed E-state index contributed by atoms with van der Waals surface area (Å²) >= 11 is 0. The van der Waals surface area contributed by atoms with Crippen LogP contribution >= 0.6 is 0 Å². The molecule has 0 aliphatic carbocycles. The van der Waals surface area contributed by atoms with Crippen LogP contribution in [-0.4, -0.2) is 22.7 Å². The second-order valence-corrected chi connectivity index (χ2v) is 3.94. The van der Waals surface area contributed by atoms with E-state index in [2.05, 4.69) is 10.3 Å². The SMILES string of the molecule is CCC(NC(C)CCO)c1ccc(F)cn1. The number of rotatable bonds is 6. The van der Waals surface area contributed by atoms with Crippen molar-refractivity contribution < 1.29 is 9.50 Å². The van der Waals surface area contributed by atoms with Gasteiger partial charge in [0.1, 0.15) is 5.82 Å². The third-order valence-corrected chi connectivity index (χ3v) is 2.56. The smallest absolute Gasteiger partial charge is 0.141 e. The normalized spacial score (nSPS) is 14.8. The lowest BCUT2D eigenvalue weighted by molar-refractivity contribution is 0.262. The first-order chi connectivity index (χ1) is 7.67. The molecule has 0 radical (unpaired) electrons. The number of pyridine rings is 1. The van der Waals surface area contributed by atoms with Crippen molar-refractivity contribution in [2.45, 2.75) is 38.8 Å². The molecule has 16 heavy (non-hydrogen) atoms. The standard InChI is InChI=1S/C12H19FN2O/c1-3-11(15-9(2)6-7-16)12-5-4-10(13)8-14-12/h4-5,8-9,11,15-16H,3,6-7H2,1-2H3.